The van der Waals surface area contributed by atoms with Crippen molar-refractivity contribution in [3.8, 4) is 5.75 Å². The number of hydrogen-bond donors (Lipinski definition) is 2. The summed E-state index contributed by atoms with van der Waals surface area (Å²) in [5.41, 5.74) is -0.386. The summed E-state index contributed by atoms with van der Waals surface area (Å²) in [6, 6.07) is 5.05. The van der Waals surface area contributed by atoms with Crippen LogP contribution in [0.1, 0.15) is 37.8 Å². The van der Waals surface area contributed by atoms with E-state index >= 15 is 0 Å². The van der Waals surface area contributed by atoms with E-state index in [9.17, 15) is 22.4 Å². The smallest absolute Gasteiger partial charge is 0.328 e. The van der Waals surface area contributed by atoms with Gasteiger partial charge in [0.05, 0.1) is 12.4 Å². The first kappa shape index (κ1) is 23.0. The fourth-order valence-corrected chi connectivity index (χ4v) is 4.14. The van der Waals surface area contributed by atoms with Crippen molar-refractivity contribution in [2.75, 3.05) is 12.4 Å². The first-order chi connectivity index (χ1) is 14.7. The van der Waals surface area contributed by atoms with Crippen LogP contribution in [0.2, 0.25) is 0 Å². The highest BCUT2D eigenvalue weighted by atomic mass is 32.2. The number of allylic oxidation sites excluding steroid dienone is 2. The highest BCUT2D eigenvalue weighted by molar-refractivity contribution is 7.89. The van der Waals surface area contributed by atoms with Crippen LogP contribution in [0.3, 0.4) is 0 Å². The second-order valence-electron chi connectivity index (χ2n) is 7.63. The van der Waals surface area contributed by atoms with Gasteiger partial charge in [-0.15, -0.1) is 0 Å². The van der Waals surface area contributed by atoms with Gasteiger partial charge in [-0.1, -0.05) is 18.2 Å². The minimum Gasteiger partial charge on any atom is -0.490 e. The molecule has 1 aliphatic rings. The van der Waals surface area contributed by atoms with E-state index in [-0.39, 0.29) is 24.5 Å². The Kier molecular flexibility index (Phi) is 7.45. The lowest BCUT2D eigenvalue weighted by molar-refractivity contribution is 0.285. The molecule has 1 saturated carbocycles. The molecule has 31 heavy (non-hydrogen) atoms. The molecule has 0 aliphatic heterocycles. The zero-order chi connectivity index (χ0) is 22.4. The van der Waals surface area contributed by atoms with Gasteiger partial charge in [0, 0.05) is 24.8 Å². The van der Waals surface area contributed by atoms with E-state index in [1.54, 1.807) is 19.1 Å². The van der Waals surface area contributed by atoms with Gasteiger partial charge in [0.15, 0.2) is 11.6 Å². The lowest BCUT2D eigenvalue weighted by Crippen LogP contribution is -2.29. The molecular weight excluding hydrogens is 425 g/mol. The summed E-state index contributed by atoms with van der Waals surface area (Å²) in [6.45, 7) is 2.38. The Bertz CT molecular complexity index is 1150. The molecule has 2 aromatic rings. The molecule has 0 saturated heterocycles. The van der Waals surface area contributed by atoms with Crippen LogP contribution in [0.15, 0.2) is 52.2 Å². The number of benzene rings is 1. The summed E-state index contributed by atoms with van der Waals surface area (Å²) in [5.74, 6) is 0.0116. The maximum Gasteiger partial charge on any atom is 0.328 e. The minimum atomic E-state index is -3.58. The number of sulfonamides is 1. The molecule has 2 N–H and O–H groups in total. The number of rotatable bonds is 11. The van der Waals surface area contributed by atoms with E-state index in [0.29, 0.717) is 18.1 Å². The molecule has 1 atom stereocenters. The highest BCUT2D eigenvalue weighted by Crippen LogP contribution is 2.31. The largest absolute Gasteiger partial charge is 0.490 e. The number of nitrogens with zero attached hydrogens (tertiary/aromatic N) is 1. The zero-order valence-electron chi connectivity index (χ0n) is 17.2. The summed E-state index contributed by atoms with van der Waals surface area (Å²) in [6.07, 6.45) is 7.11. The van der Waals surface area contributed by atoms with Gasteiger partial charge in [-0.2, -0.15) is 0 Å². The van der Waals surface area contributed by atoms with Gasteiger partial charge >= 0.3 is 5.69 Å². The summed E-state index contributed by atoms with van der Waals surface area (Å²) >= 11 is 0. The Hall–Kier alpha value is -2.72. The molecule has 1 fully saturated rings. The topological polar surface area (TPSA) is 110 Å². The van der Waals surface area contributed by atoms with Crippen LogP contribution >= 0.6 is 0 Å². The predicted molar refractivity (Wildman–Crippen MR) is 115 cm³/mol. The van der Waals surface area contributed by atoms with Crippen LogP contribution in [-0.2, 0) is 16.6 Å². The number of aromatic nitrogens is 2. The molecule has 0 bridgehead atoms. The molecule has 0 radical (unpaired) electrons. The van der Waals surface area contributed by atoms with Crippen molar-refractivity contribution < 1.29 is 17.5 Å². The number of H-pyrrole nitrogens is 1. The Labute approximate surface area is 179 Å². The number of halogens is 1. The molecule has 1 aromatic carbocycles. The standard InChI is InChI=1S/C21H26FN3O5S/c1-15(17-7-8-18(22)19(13-17)30-14-16-5-6-16)24-31(28,29)12-4-2-3-10-25-11-9-20(26)23-21(25)27/h2-3,7-9,11,13,15-16,24H,4-6,10,12,14H2,1H3,(H,23,26,27). The van der Waals surface area contributed by atoms with Gasteiger partial charge in [-0.25, -0.2) is 22.3 Å². The van der Waals surface area contributed by atoms with E-state index in [0.717, 1.165) is 12.8 Å². The van der Waals surface area contributed by atoms with E-state index in [1.807, 2.05) is 0 Å². The van der Waals surface area contributed by atoms with Crippen LogP contribution in [0, 0.1) is 11.7 Å². The maximum absolute atomic E-state index is 13.9. The second-order valence-corrected chi connectivity index (χ2v) is 9.50. The Morgan fingerprint density at radius 3 is 2.77 bits per heavy atom. The quantitative estimate of drug-likeness (QED) is 0.509. The fourth-order valence-electron chi connectivity index (χ4n) is 2.91. The van der Waals surface area contributed by atoms with Crippen LogP contribution in [0.25, 0.3) is 0 Å². The third kappa shape index (κ3) is 7.18. The zero-order valence-corrected chi connectivity index (χ0v) is 18.0. The second kappa shape index (κ2) is 10.1. The lowest BCUT2D eigenvalue weighted by Gasteiger charge is -2.16. The fraction of sp³-hybridized carbons (Fsp3) is 0.429. The van der Waals surface area contributed by atoms with Gasteiger partial charge in [-0.3, -0.25) is 14.3 Å². The van der Waals surface area contributed by atoms with Gasteiger partial charge in [-0.05, 0) is 49.8 Å². The van der Waals surface area contributed by atoms with E-state index in [4.69, 9.17) is 4.74 Å². The van der Waals surface area contributed by atoms with Crippen molar-refractivity contribution in [1.29, 1.82) is 0 Å². The molecule has 1 unspecified atom stereocenters. The normalized spacial score (nSPS) is 15.3. The molecule has 1 aromatic heterocycles. The lowest BCUT2D eigenvalue weighted by atomic mass is 10.1. The molecule has 8 nitrogen and oxygen atoms in total. The van der Waals surface area contributed by atoms with Gasteiger partial charge in [0.2, 0.25) is 10.0 Å². The highest BCUT2D eigenvalue weighted by Gasteiger charge is 2.23. The Morgan fingerprint density at radius 1 is 1.29 bits per heavy atom. The van der Waals surface area contributed by atoms with Crippen molar-refractivity contribution in [3.63, 3.8) is 0 Å². The average Bonchev–Trinajstić information content (AvgIpc) is 3.52. The predicted octanol–water partition coefficient (Wildman–Crippen LogP) is 2.09. The van der Waals surface area contributed by atoms with Crippen LogP contribution in [0.4, 0.5) is 4.39 Å². The van der Waals surface area contributed by atoms with E-state index in [1.165, 1.54) is 35.0 Å². The van der Waals surface area contributed by atoms with Crippen LogP contribution in [0.5, 0.6) is 5.75 Å². The van der Waals surface area contributed by atoms with E-state index in [2.05, 4.69) is 9.71 Å². The molecule has 10 heteroatoms. The van der Waals surface area contributed by atoms with Crippen molar-refractivity contribution in [2.45, 2.75) is 38.8 Å². The van der Waals surface area contributed by atoms with Crippen molar-refractivity contribution >= 4 is 10.0 Å². The van der Waals surface area contributed by atoms with Gasteiger partial charge in [0.1, 0.15) is 0 Å². The average molecular weight is 452 g/mol. The van der Waals surface area contributed by atoms with Crippen molar-refractivity contribution in [1.82, 2.24) is 14.3 Å². The number of ether oxygens (including phenoxy) is 1. The first-order valence-electron chi connectivity index (χ1n) is 10.1. The van der Waals surface area contributed by atoms with Crippen LogP contribution in [-0.4, -0.2) is 30.3 Å². The molecule has 3 rings (SSSR count). The number of aromatic amines is 1. The Morgan fingerprint density at radius 2 is 2.06 bits per heavy atom. The van der Waals surface area contributed by atoms with E-state index < -0.39 is 33.1 Å². The monoisotopic (exact) mass is 451 g/mol. The van der Waals surface area contributed by atoms with Gasteiger partial charge < -0.3 is 4.74 Å². The minimum absolute atomic E-state index is 0.135. The van der Waals surface area contributed by atoms with Gasteiger partial charge in [0.25, 0.3) is 5.56 Å². The SMILES string of the molecule is CC(NS(=O)(=O)CCC=CCn1ccc(=O)[nH]c1=O)c1ccc(F)c(OCC2CC2)c1. The summed E-state index contributed by atoms with van der Waals surface area (Å²) in [7, 11) is -3.58. The maximum atomic E-state index is 13.9. The van der Waals surface area contributed by atoms with Crippen LogP contribution < -0.4 is 20.7 Å². The molecule has 0 amide bonds. The molecule has 1 aliphatic carbocycles. The molecule has 168 valence electrons. The molecule has 1 heterocycles. The molecule has 0 spiro atoms. The number of nitrogens with one attached hydrogen (secondary N) is 2. The number of hydrogen-bond acceptors (Lipinski definition) is 5. The summed E-state index contributed by atoms with van der Waals surface area (Å²) in [4.78, 5) is 24.8. The third-order valence-electron chi connectivity index (χ3n) is 4.90. The first-order valence-corrected chi connectivity index (χ1v) is 11.8. The summed E-state index contributed by atoms with van der Waals surface area (Å²) in [5, 5.41) is 0. The van der Waals surface area contributed by atoms with Crippen molar-refractivity contribution in [2.24, 2.45) is 5.92 Å². The molecular formula is C21H26FN3O5S. The summed E-state index contributed by atoms with van der Waals surface area (Å²) < 4.78 is 48.1. The third-order valence-corrected chi connectivity index (χ3v) is 6.39. The Balaban J connectivity index is 1.50. The van der Waals surface area contributed by atoms with Crippen molar-refractivity contribution in [3.05, 3.63) is 74.8 Å².